The summed E-state index contributed by atoms with van der Waals surface area (Å²) in [5, 5.41) is 2.75. The molecule has 0 heterocycles. The zero-order valence-corrected chi connectivity index (χ0v) is 15.2. The van der Waals surface area contributed by atoms with Crippen LogP contribution >= 0.6 is 0 Å². The summed E-state index contributed by atoms with van der Waals surface area (Å²) in [6.07, 6.45) is 2.68. The van der Waals surface area contributed by atoms with E-state index in [1.165, 1.54) is 5.56 Å². The van der Waals surface area contributed by atoms with Crippen LogP contribution in [0, 0.1) is 0 Å². The van der Waals surface area contributed by atoms with Crippen LogP contribution in [0.25, 0.3) is 0 Å². The van der Waals surface area contributed by atoms with Gasteiger partial charge in [-0.3, -0.25) is 4.79 Å². The Morgan fingerprint density at radius 1 is 0.957 bits per heavy atom. The molecule has 0 saturated heterocycles. The van der Waals surface area contributed by atoms with E-state index in [2.05, 4.69) is 24.4 Å². The Balaban J connectivity index is 0.00000232. The zero-order chi connectivity index (χ0) is 17.3. The summed E-state index contributed by atoms with van der Waals surface area (Å²) in [5.74, 6) is 0.0390. The first kappa shape index (κ1) is 21.6. The van der Waals surface area contributed by atoms with Crippen molar-refractivity contribution in [2.24, 2.45) is 0 Å². The molecule has 1 N–H and O–H groups in total. The molecule has 4 nitrogen and oxygen atoms in total. The summed E-state index contributed by atoms with van der Waals surface area (Å²) in [5.41, 5.74) is 2.29. The molecule has 0 spiro atoms. The van der Waals surface area contributed by atoms with Gasteiger partial charge in [0, 0.05) is 19.6 Å². The van der Waals surface area contributed by atoms with Crippen molar-refractivity contribution >= 4 is 5.91 Å². The number of ether oxygens (including phenoxy) is 2. The molecule has 0 aliphatic carbocycles. The number of unbranched alkanes of at least 4 members (excludes halogenated alkanes) is 1. The van der Waals surface area contributed by atoms with Crippen molar-refractivity contribution in [3.8, 4) is 0 Å². The zero-order valence-electron chi connectivity index (χ0n) is 15.2. The van der Waals surface area contributed by atoms with Crippen LogP contribution < -0.4 is 5.32 Å². The predicted octanol–water partition coefficient (Wildman–Crippen LogP) is 4.07. The minimum Gasteiger partial charge on any atom is -0.377 e. The van der Waals surface area contributed by atoms with E-state index in [1.807, 2.05) is 32.9 Å². The molecule has 0 aromatic heterocycles. The Bertz CT molecular complexity index is 390. The smallest absolute Gasteiger partial charge is 0.222 e. The molecule has 1 rings (SSSR count). The second kappa shape index (κ2) is 15.5. The molecule has 0 unspecified atom stereocenters. The summed E-state index contributed by atoms with van der Waals surface area (Å²) >= 11 is 0. The van der Waals surface area contributed by atoms with Gasteiger partial charge < -0.3 is 14.8 Å². The van der Waals surface area contributed by atoms with E-state index in [0.717, 1.165) is 25.0 Å². The average molecular weight is 323 g/mol. The fourth-order valence-corrected chi connectivity index (χ4v) is 1.81. The van der Waals surface area contributed by atoms with E-state index in [1.54, 1.807) is 0 Å². The fraction of sp³-hybridized carbons (Fsp3) is 0.632. The highest BCUT2D eigenvalue weighted by molar-refractivity contribution is 5.75. The second-order valence-corrected chi connectivity index (χ2v) is 4.98. The van der Waals surface area contributed by atoms with Crippen molar-refractivity contribution in [3.63, 3.8) is 0 Å². The minimum absolute atomic E-state index is 0.0390. The number of amides is 1. The molecule has 0 fully saturated rings. The van der Waals surface area contributed by atoms with Crippen LogP contribution in [0.5, 0.6) is 0 Å². The molecule has 0 aliphatic heterocycles. The third-order valence-corrected chi connectivity index (χ3v) is 3.05. The fourth-order valence-electron chi connectivity index (χ4n) is 1.81. The maximum Gasteiger partial charge on any atom is 0.222 e. The van der Waals surface area contributed by atoms with Crippen LogP contribution in [0.4, 0.5) is 0 Å². The number of hydrogen-bond donors (Lipinski definition) is 1. The molecule has 132 valence electrons. The van der Waals surface area contributed by atoms with Crippen molar-refractivity contribution < 1.29 is 14.3 Å². The highest BCUT2D eigenvalue weighted by Crippen LogP contribution is 2.07. The van der Waals surface area contributed by atoms with Crippen LogP contribution in [-0.4, -0.2) is 25.7 Å². The first-order valence-electron chi connectivity index (χ1n) is 8.76. The lowest BCUT2D eigenvalue weighted by Crippen LogP contribution is -2.23. The molecule has 1 amide bonds. The lowest BCUT2D eigenvalue weighted by molar-refractivity contribution is -0.122. The van der Waals surface area contributed by atoms with Crippen LogP contribution in [-0.2, 0) is 27.5 Å². The van der Waals surface area contributed by atoms with Crippen LogP contribution in [0.1, 0.15) is 58.1 Å². The number of benzene rings is 1. The molecule has 23 heavy (non-hydrogen) atoms. The van der Waals surface area contributed by atoms with E-state index < -0.39 is 0 Å². The van der Waals surface area contributed by atoms with Gasteiger partial charge in [0.25, 0.3) is 0 Å². The highest BCUT2D eigenvalue weighted by Gasteiger charge is 2.00. The Morgan fingerprint density at radius 2 is 1.48 bits per heavy atom. The second-order valence-electron chi connectivity index (χ2n) is 4.98. The molecule has 4 heteroatoms. The predicted molar refractivity (Wildman–Crippen MR) is 95.3 cm³/mol. The highest BCUT2D eigenvalue weighted by atomic mass is 16.5. The van der Waals surface area contributed by atoms with Crippen molar-refractivity contribution in [1.29, 1.82) is 0 Å². The Morgan fingerprint density at radius 3 is 1.96 bits per heavy atom. The van der Waals surface area contributed by atoms with Crippen LogP contribution in [0.2, 0.25) is 0 Å². The molecule has 0 aliphatic rings. The van der Waals surface area contributed by atoms with Gasteiger partial charge in [0.1, 0.15) is 0 Å². The lowest BCUT2D eigenvalue weighted by Gasteiger charge is -2.07. The number of nitrogens with one attached hydrogen (secondary N) is 1. The van der Waals surface area contributed by atoms with Gasteiger partial charge in [-0.1, -0.05) is 51.5 Å². The molecular formula is C19H33NO3. The van der Waals surface area contributed by atoms with Crippen molar-refractivity contribution in [2.45, 2.75) is 60.2 Å². The molecule has 1 aromatic carbocycles. The molecule has 0 bridgehead atoms. The van der Waals surface area contributed by atoms with E-state index in [4.69, 9.17) is 9.47 Å². The molecular weight excluding hydrogens is 290 g/mol. The first-order chi connectivity index (χ1) is 11.3. The number of hydrogen-bond acceptors (Lipinski definition) is 3. The maximum atomic E-state index is 11.2. The van der Waals surface area contributed by atoms with Gasteiger partial charge in [0.15, 0.2) is 0 Å². The Kier molecular flexibility index (Phi) is 14.6. The van der Waals surface area contributed by atoms with Crippen molar-refractivity contribution in [1.82, 2.24) is 5.32 Å². The minimum atomic E-state index is 0.0390. The summed E-state index contributed by atoms with van der Waals surface area (Å²) in [6.45, 7) is 11.2. The van der Waals surface area contributed by atoms with Crippen molar-refractivity contribution in [2.75, 3.05) is 19.8 Å². The molecule has 0 radical (unpaired) electrons. The van der Waals surface area contributed by atoms with Crippen molar-refractivity contribution in [3.05, 3.63) is 35.4 Å². The quantitative estimate of drug-likeness (QED) is 0.624. The largest absolute Gasteiger partial charge is 0.377 e. The van der Waals surface area contributed by atoms with Gasteiger partial charge in [0.05, 0.1) is 19.8 Å². The number of rotatable bonds is 11. The SMILES string of the molecule is CC.CCCCOCc1ccc(COCCC(=O)NCC)cc1. The van der Waals surface area contributed by atoms with E-state index in [0.29, 0.717) is 32.8 Å². The monoisotopic (exact) mass is 323 g/mol. The standard InChI is InChI=1S/C17H27NO3.C2H6/c1-3-5-11-20-13-15-6-8-16(9-7-15)14-21-12-10-17(19)18-4-2;1-2/h6-9H,3-5,10-14H2,1-2H3,(H,18,19);1-2H3. The van der Waals surface area contributed by atoms with E-state index in [9.17, 15) is 4.79 Å². The Hall–Kier alpha value is -1.39. The Labute approximate surface area is 141 Å². The third kappa shape index (κ3) is 11.8. The first-order valence-corrected chi connectivity index (χ1v) is 8.76. The van der Waals surface area contributed by atoms with Gasteiger partial charge in [-0.25, -0.2) is 0 Å². The molecule has 0 atom stereocenters. The van der Waals surface area contributed by atoms with Crippen LogP contribution in [0.3, 0.4) is 0 Å². The normalized spacial score (nSPS) is 9.91. The van der Waals surface area contributed by atoms with Gasteiger partial charge in [0.2, 0.25) is 5.91 Å². The summed E-state index contributed by atoms with van der Waals surface area (Å²) in [6, 6.07) is 8.22. The third-order valence-electron chi connectivity index (χ3n) is 3.05. The van der Waals surface area contributed by atoms with Gasteiger partial charge in [-0.2, -0.15) is 0 Å². The summed E-state index contributed by atoms with van der Waals surface area (Å²) in [7, 11) is 0. The number of carbonyl (C=O) groups excluding carboxylic acids is 1. The average Bonchev–Trinajstić information content (AvgIpc) is 2.59. The molecule has 1 aromatic rings. The van der Waals surface area contributed by atoms with Gasteiger partial charge in [-0.15, -0.1) is 0 Å². The van der Waals surface area contributed by atoms with Gasteiger partial charge in [-0.05, 0) is 24.5 Å². The van der Waals surface area contributed by atoms with Gasteiger partial charge >= 0.3 is 0 Å². The topological polar surface area (TPSA) is 47.6 Å². The number of carbonyl (C=O) groups is 1. The van der Waals surface area contributed by atoms with E-state index in [-0.39, 0.29) is 5.91 Å². The lowest BCUT2D eigenvalue weighted by atomic mass is 10.1. The molecule has 0 saturated carbocycles. The maximum absolute atomic E-state index is 11.2. The van der Waals surface area contributed by atoms with Crippen LogP contribution in [0.15, 0.2) is 24.3 Å². The van der Waals surface area contributed by atoms with E-state index >= 15 is 0 Å². The summed E-state index contributed by atoms with van der Waals surface area (Å²) < 4.78 is 11.1. The summed E-state index contributed by atoms with van der Waals surface area (Å²) in [4.78, 5) is 11.2.